The SMILES string of the molecule is OCC1CCN(Cc2cnc[nH]2)C1. The Kier molecular flexibility index (Phi) is 2.61. The fourth-order valence-electron chi connectivity index (χ4n) is 1.82. The largest absolute Gasteiger partial charge is 0.396 e. The second-order valence-corrected chi connectivity index (χ2v) is 3.65. The highest BCUT2D eigenvalue weighted by atomic mass is 16.3. The van der Waals surface area contributed by atoms with Gasteiger partial charge in [-0.1, -0.05) is 0 Å². The van der Waals surface area contributed by atoms with Crippen molar-refractivity contribution < 1.29 is 5.11 Å². The van der Waals surface area contributed by atoms with Gasteiger partial charge in [0, 0.05) is 31.6 Å². The lowest BCUT2D eigenvalue weighted by Crippen LogP contribution is -2.21. The molecule has 4 heteroatoms. The average Bonchev–Trinajstić information content (AvgIpc) is 2.76. The van der Waals surface area contributed by atoms with E-state index in [1.807, 2.05) is 6.20 Å². The molecule has 1 atom stereocenters. The third-order valence-corrected chi connectivity index (χ3v) is 2.58. The van der Waals surface area contributed by atoms with E-state index in [1.54, 1.807) is 6.33 Å². The van der Waals surface area contributed by atoms with Crippen LogP contribution in [-0.4, -0.2) is 39.7 Å². The van der Waals surface area contributed by atoms with Gasteiger partial charge in [0.2, 0.25) is 0 Å². The molecule has 4 nitrogen and oxygen atoms in total. The minimum absolute atomic E-state index is 0.319. The Balaban J connectivity index is 1.84. The lowest BCUT2D eigenvalue weighted by atomic mass is 10.1. The summed E-state index contributed by atoms with van der Waals surface area (Å²) in [4.78, 5) is 9.40. The maximum atomic E-state index is 8.96. The number of likely N-dealkylation sites (tertiary alicyclic amines) is 1. The Labute approximate surface area is 77.6 Å². The molecule has 0 radical (unpaired) electrons. The highest BCUT2D eigenvalue weighted by Crippen LogP contribution is 2.16. The number of imidazole rings is 1. The van der Waals surface area contributed by atoms with Crippen LogP contribution in [0.15, 0.2) is 12.5 Å². The number of hydrogen-bond acceptors (Lipinski definition) is 3. The molecular weight excluding hydrogens is 166 g/mol. The lowest BCUT2D eigenvalue weighted by molar-refractivity contribution is 0.219. The van der Waals surface area contributed by atoms with Gasteiger partial charge in [0.1, 0.15) is 0 Å². The summed E-state index contributed by atoms with van der Waals surface area (Å²) in [7, 11) is 0. The van der Waals surface area contributed by atoms with E-state index in [0.717, 1.165) is 31.7 Å². The molecule has 72 valence electrons. The quantitative estimate of drug-likeness (QED) is 0.701. The van der Waals surface area contributed by atoms with Crippen molar-refractivity contribution >= 4 is 0 Å². The van der Waals surface area contributed by atoms with Crippen LogP contribution < -0.4 is 0 Å². The molecule has 0 amide bonds. The predicted octanol–water partition coefficient (Wildman–Crippen LogP) is 0.224. The van der Waals surface area contributed by atoms with Gasteiger partial charge in [0.15, 0.2) is 0 Å². The van der Waals surface area contributed by atoms with E-state index < -0.39 is 0 Å². The molecular formula is C9H15N3O. The van der Waals surface area contributed by atoms with E-state index in [2.05, 4.69) is 14.9 Å². The molecule has 1 aromatic rings. The average molecular weight is 181 g/mol. The molecule has 13 heavy (non-hydrogen) atoms. The van der Waals surface area contributed by atoms with Crippen LogP contribution in [0, 0.1) is 5.92 Å². The molecule has 0 spiro atoms. The van der Waals surface area contributed by atoms with E-state index in [0.29, 0.717) is 12.5 Å². The summed E-state index contributed by atoms with van der Waals surface area (Å²) in [6.07, 6.45) is 4.67. The fraction of sp³-hybridized carbons (Fsp3) is 0.667. The second kappa shape index (κ2) is 3.89. The lowest BCUT2D eigenvalue weighted by Gasteiger charge is -2.13. The van der Waals surface area contributed by atoms with Crippen molar-refractivity contribution in [3.05, 3.63) is 18.2 Å². The van der Waals surface area contributed by atoms with Gasteiger partial charge in [0.25, 0.3) is 0 Å². The Morgan fingerprint density at radius 2 is 2.62 bits per heavy atom. The smallest absolute Gasteiger partial charge is 0.0922 e. The molecule has 1 unspecified atom stereocenters. The van der Waals surface area contributed by atoms with Crippen molar-refractivity contribution in [3.63, 3.8) is 0 Å². The first-order valence-corrected chi connectivity index (χ1v) is 4.69. The van der Waals surface area contributed by atoms with Gasteiger partial charge in [-0.15, -0.1) is 0 Å². The number of nitrogens with one attached hydrogen (secondary N) is 1. The van der Waals surface area contributed by atoms with Crippen LogP contribution in [0.3, 0.4) is 0 Å². The summed E-state index contributed by atoms with van der Waals surface area (Å²) >= 11 is 0. The van der Waals surface area contributed by atoms with Crippen molar-refractivity contribution in [1.29, 1.82) is 0 Å². The first-order chi connectivity index (χ1) is 6.38. The van der Waals surface area contributed by atoms with Crippen LogP contribution in [0.25, 0.3) is 0 Å². The molecule has 1 fully saturated rings. The zero-order valence-corrected chi connectivity index (χ0v) is 7.61. The monoisotopic (exact) mass is 181 g/mol. The van der Waals surface area contributed by atoms with Crippen molar-refractivity contribution in [2.24, 2.45) is 5.92 Å². The van der Waals surface area contributed by atoms with E-state index >= 15 is 0 Å². The highest BCUT2D eigenvalue weighted by molar-refractivity contribution is 4.94. The molecule has 0 saturated carbocycles. The van der Waals surface area contributed by atoms with E-state index in [9.17, 15) is 0 Å². The maximum absolute atomic E-state index is 8.96. The van der Waals surface area contributed by atoms with Crippen LogP contribution in [0.5, 0.6) is 0 Å². The van der Waals surface area contributed by atoms with E-state index in [-0.39, 0.29) is 0 Å². The number of hydrogen-bond donors (Lipinski definition) is 2. The Morgan fingerprint density at radius 3 is 3.23 bits per heavy atom. The van der Waals surface area contributed by atoms with Gasteiger partial charge < -0.3 is 10.1 Å². The number of aliphatic hydroxyl groups is 1. The number of nitrogens with zero attached hydrogens (tertiary/aromatic N) is 2. The summed E-state index contributed by atoms with van der Waals surface area (Å²) < 4.78 is 0. The van der Waals surface area contributed by atoms with Gasteiger partial charge in [-0.2, -0.15) is 0 Å². The summed E-state index contributed by atoms with van der Waals surface area (Å²) in [6, 6.07) is 0. The molecule has 2 N–H and O–H groups in total. The standard InChI is InChI=1S/C9H15N3O/c13-6-8-1-2-12(4-8)5-9-3-10-7-11-9/h3,7-8,13H,1-2,4-6H2,(H,10,11). The number of aromatic nitrogens is 2. The summed E-state index contributed by atoms with van der Waals surface area (Å²) in [5, 5.41) is 8.96. The van der Waals surface area contributed by atoms with Crippen LogP contribution in [0.4, 0.5) is 0 Å². The number of aliphatic hydroxyl groups excluding tert-OH is 1. The predicted molar refractivity (Wildman–Crippen MR) is 49.1 cm³/mol. The van der Waals surface area contributed by atoms with Crippen molar-refractivity contribution in [2.45, 2.75) is 13.0 Å². The van der Waals surface area contributed by atoms with Crippen LogP contribution in [0.1, 0.15) is 12.1 Å². The Hall–Kier alpha value is -0.870. The molecule has 1 aliphatic heterocycles. The van der Waals surface area contributed by atoms with Crippen LogP contribution in [0.2, 0.25) is 0 Å². The van der Waals surface area contributed by atoms with Crippen molar-refractivity contribution in [3.8, 4) is 0 Å². The summed E-state index contributed by atoms with van der Waals surface area (Å²) in [6.45, 7) is 3.34. The first-order valence-electron chi connectivity index (χ1n) is 4.69. The normalized spacial score (nSPS) is 23.9. The summed E-state index contributed by atoms with van der Waals surface area (Å²) in [5.41, 5.74) is 1.15. The van der Waals surface area contributed by atoms with E-state index in [4.69, 9.17) is 5.11 Å². The molecule has 1 aromatic heterocycles. The van der Waals surface area contributed by atoms with Gasteiger partial charge >= 0.3 is 0 Å². The molecule has 1 saturated heterocycles. The third kappa shape index (κ3) is 2.08. The molecule has 0 aromatic carbocycles. The second-order valence-electron chi connectivity index (χ2n) is 3.65. The summed E-state index contributed by atoms with van der Waals surface area (Å²) in [5.74, 6) is 0.475. The maximum Gasteiger partial charge on any atom is 0.0922 e. The van der Waals surface area contributed by atoms with Gasteiger partial charge in [-0.05, 0) is 18.9 Å². The topological polar surface area (TPSA) is 52.1 Å². The molecule has 0 aliphatic carbocycles. The minimum atomic E-state index is 0.319. The van der Waals surface area contributed by atoms with E-state index in [1.165, 1.54) is 0 Å². The highest BCUT2D eigenvalue weighted by Gasteiger charge is 2.21. The number of H-pyrrole nitrogens is 1. The zero-order chi connectivity index (χ0) is 9.10. The molecule has 1 aliphatic rings. The molecule has 2 rings (SSSR count). The first kappa shape index (κ1) is 8.72. The van der Waals surface area contributed by atoms with Crippen LogP contribution in [-0.2, 0) is 6.54 Å². The third-order valence-electron chi connectivity index (χ3n) is 2.58. The molecule has 0 bridgehead atoms. The Morgan fingerprint density at radius 1 is 1.69 bits per heavy atom. The van der Waals surface area contributed by atoms with Crippen molar-refractivity contribution in [2.75, 3.05) is 19.7 Å². The van der Waals surface area contributed by atoms with Gasteiger partial charge in [-0.25, -0.2) is 4.98 Å². The van der Waals surface area contributed by atoms with Crippen LogP contribution >= 0.6 is 0 Å². The number of rotatable bonds is 3. The fourth-order valence-corrected chi connectivity index (χ4v) is 1.82. The van der Waals surface area contributed by atoms with Gasteiger partial charge in [0.05, 0.1) is 6.33 Å². The van der Waals surface area contributed by atoms with Gasteiger partial charge in [-0.3, -0.25) is 4.90 Å². The van der Waals surface area contributed by atoms with Crippen molar-refractivity contribution in [1.82, 2.24) is 14.9 Å². The minimum Gasteiger partial charge on any atom is -0.396 e. The molecule has 2 heterocycles. The zero-order valence-electron chi connectivity index (χ0n) is 7.61. The number of aromatic amines is 1. The Bertz CT molecular complexity index is 247.